The first-order chi connectivity index (χ1) is 15.8. The summed E-state index contributed by atoms with van der Waals surface area (Å²) in [5, 5.41) is 7.03. The molecule has 3 amide bonds. The zero-order valence-electron chi connectivity index (χ0n) is 18.1. The smallest absolute Gasteiger partial charge is 0.413 e. The Bertz CT molecular complexity index is 1160. The van der Waals surface area contributed by atoms with Crippen molar-refractivity contribution in [1.29, 1.82) is 0 Å². The molecule has 2 aromatic rings. The topological polar surface area (TPSA) is 122 Å². The number of anilines is 1. The third-order valence-corrected chi connectivity index (χ3v) is 10.3. The maximum atomic E-state index is 13.2. The molecule has 1 unspecified atom stereocenters. The fraction of sp³-hybridized carbons (Fsp3) is 0.476. The van der Waals surface area contributed by atoms with Crippen LogP contribution in [0.3, 0.4) is 0 Å². The van der Waals surface area contributed by atoms with Crippen LogP contribution < -0.4 is 10.6 Å². The van der Waals surface area contributed by atoms with Gasteiger partial charge in [-0.1, -0.05) is 12.5 Å². The average Bonchev–Trinajstić information content (AvgIpc) is 3.52. The first kappa shape index (κ1) is 23.9. The summed E-state index contributed by atoms with van der Waals surface area (Å²) in [6, 6.07) is 2.32. The van der Waals surface area contributed by atoms with E-state index in [9.17, 15) is 22.8 Å². The summed E-state index contributed by atoms with van der Waals surface area (Å²) >= 11 is 2.43. The highest BCUT2D eigenvalue weighted by Gasteiger charge is 2.40. The van der Waals surface area contributed by atoms with E-state index in [0.717, 1.165) is 47.5 Å². The molecule has 33 heavy (non-hydrogen) atoms. The number of fused-ring (bicyclic) bond motifs is 1. The van der Waals surface area contributed by atoms with E-state index in [2.05, 4.69) is 15.4 Å². The van der Waals surface area contributed by atoms with Crippen molar-refractivity contribution in [2.75, 3.05) is 19.0 Å². The van der Waals surface area contributed by atoms with Crippen molar-refractivity contribution in [3.05, 3.63) is 33.5 Å². The summed E-state index contributed by atoms with van der Waals surface area (Å²) < 4.78 is 32.1. The summed E-state index contributed by atoms with van der Waals surface area (Å²) in [7, 11) is -2.61. The van der Waals surface area contributed by atoms with Crippen LogP contribution in [0.5, 0.6) is 0 Å². The van der Waals surface area contributed by atoms with Crippen LogP contribution in [0.1, 0.15) is 52.9 Å². The number of carbonyl (C=O) groups excluding carboxylic acids is 3. The van der Waals surface area contributed by atoms with E-state index >= 15 is 0 Å². The molecule has 1 atom stereocenters. The third-order valence-electron chi connectivity index (χ3n) is 5.85. The molecule has 2 aromatic heterocycles. The van der Waals surface area contributed by atoms with Gasteiger partial charge in [0.05, 0.1) is 12.7 Å². The van der Waals surface area contributed by atoms with Crippen LogP contribution in [-0.4, -0.2) is 50.3 Å². The molecule has 12 heteroatoms. The lowest BCUT2D eigenvalue weighted by atomic mass is 10.0. The normalized spacial score (nSPS) is 18.9. The molecule has 9 nitrogen and oxygen atoms in total. The van der Waals surface area contributed by atoms with Gasteiger partial charge in [-0.05, 0) is 55.5 Å². The number of imide groups is 1. The molecule has 2 N–H and O–H groups in total. The number of amides is 3. The summed E-state index contributed by atoms with van der Waals surface area (Å²) in [5.41, 5.74) is 1.10. The number of carbonyl (C=O) groups is 3. The summed E-state index contributed by atoms with van der Waals surface area (Å²) in [6.45, 7) is 0.259. The number of thiophene rings is 2. The zero-order chi connectivity index (χ0) is 23.6. The lowest BCUT2D eigenvalue weighted by molar-refractivity contribution is -0.119. The van der Waals surface area contributed by atoms with E-state index in [4.69, 9.17) is 0 Å². The van der Waals surface area contributed by atoms with Crippen LogP contribution in [0.4, 0.5) is 9.80 Å². The van der Waals surface area contributed by atoms with Crippen molar-refractivity contribution < 1.29 is 27.5 Å². The molecule has 1 aliphatic heterocycles. The van der Waals surface area contributed by atoms with Crippen molar-refractivity contribution in [3.63, 3.8) is 0 Å². The Morgan fingerprint density at radius 3 is 2.67 bits per heavy atom. The van der Waals surface area contributed by atoms with Crippen LogP contribution in [-0.2, 0) is 32.4 Å². The van der Waals surface area contributed by atoms with Gasteiger partial charge >= 0.3 is 6.09 Å². The molecule has 1 fully saturated rings. The number of ether oxygens (including phenoxy) is 1. The predicted octanol–water partition coefficient (Wildman–Crippen LogP) is 3.37. The lowest BCUT2D eigenvalue weighted by Gasteiger charge is -2.22. The van der Waals surface area contributed by atoms with Crippen molar-refractivity contribution in [2.24, 2.45) is 0 Å². The van der Waals surface area contributed by atoms with Crippen LogP contribution in [0, 0.1) is 0 Å². The van der Waals surface area contributed by atoms with Crippen LogP contribution >= 0.6 is 22.7 Å². The standard InChI is InChI=1S/C21H25N3O6S3/c1-30-21(27)23-19(26)17-13-7-3-2-4-9-15(13)32-20(17)22-18(25)14-8-5-11-24(14)33(28,29)16-10-6-12-31-16/h6,10,12,14H,2-5,7-9,11H2,1H3,(H,22,25)(H,23,26,27). The monoisotopic (exact) mass is 511 g/mol. The molecule has 4 rings (SSSR count). The van der Waals surface area contributed by atoms with E-state index in [0.29, 0.717) is 24.3 Å². The molecular formula is C21H25N3O6S3. The second kappa shape index (κ2) is 9.92. The summed E-state index contributed by atoms with van der Waals surface area (Å²) in [5.74, 6) is -1.11. The number of rotatable bonds is 5. The molecule has 178 valence electrons. The van der Waals surface area contributed by atoms with Gasteiger partial charge in [0.1, 0.15) is 15.3 Å². The molecule has 0 radical (unpaired) electrons. The second-order valence-corrected chi connectivity index (χ2v) is 12.1. The summed E-state index contributed by atoms with van der Waals surface area (Å²) in [6.07, 6.45) is 4.47. The number of methoxy groups -OCH3 is 1. The maximum Gasteiger partial charge on any atom is 0.413 e. The molecular weight excluding hydrogens is 486 g/mol. The molecule has 0 saturated carbocycles. The Morgan fingerprint density at radius 1 is 1.15 bits per heavy atom. The SMILES string of the molecule is COC(=O)NC(=O)c1c(NC(=O)C2CCCN2S(=O)(=O)c2cccs2)sc2c1CCCCC2. The Balaban J connectivity index is 1.62. The number of nitrogens with one attached hydrogen (secondary N) is 2. The van der Waals surface area contributed by atoms with E-state index in [1.165, 1.54) is 28.8 Å². The Hall–Kier alpha value is -2.28. The van der Waals surface area contributed by atoms with Crippen molar-refractivity contribution in [3.8, 4) is 0 Å². The van der Waals surface area contributed by atoms with Gasteiger partial charge in [-0.15, -0.1) is 22.7 Å². The van der Waals surface area contributed by atoms with Gasteiger partial charge < -0.3 is 10.1 Å². The molecule has 1 saturated heterocycles. The lowest BCUT2D eigenvalue weighted by Crippen LogP contribution is -2.43. The molecule has 2 aliphatic rings. The fourth-order valence-corrected chi connectivity index (χ4v) is 8.35. The van der Waals surface area contributed by atoms with E-state index in [-0.39, 0.29) is 16.3 Å². The van der Waals surface area contributed by atoms with Gasteiger partial charge in [-0.2, -0.15) is 4.31 Å². The summed E-state index contributed by atoms with van der Waals surface area (Å²) in [4.78, 5) is 38.8. The fourth-order valence-electron chi connectivity index (χ4n) is 4.29. The van der Waals surface area contributed by atoms with Gasteiger partial charge in [0.2, 0.25) is 5.91 Å². The van der Waals surface area contributed by atoms with Crippen LogP contribution in [0.25, 0.3) is 0 Å². The second-order valence-electron chi connectivity index (χ2n) is 7.91. The Labute approximate surface area is 200 Å². The minimum Gasteiger partial charge on any atom is -0.453 e. The highest BCUT2D eigenvalue weighted by atomic mass is 32.2. The minimum absolute atomic E-state index is 0.197. The maximum absolute atomic E-state index is 13.2. The number of sulfonamides is 1. The number of hydrogen-bond acceptors (Lipinski definition) is 8. The third kappa shape index (κ3) is 4.84. The van der Waals surface area contributed by atoms with E-state index < -0.39 is 34.0 Å². The highest BCUT2D eigenvalue weighted by molar-refractivity contribution is 7.91. The largest absolute Gasteiger partial charge is 0.453 e. The predicted molar refractivity (Wildman–Crippen MR) is 125 cm³/mol. The molecule has 1 aliphatic carbocycles. The van der Waals surface area contributed by atoms with Crippen LogP contribution in [0.2, 0.25) is 0 Å². The number of alkyl carbamates (subject to hydrolysis) is 1. The van der Waals surface area contributed by atoms with Gasteiger partial charge in [0, 0.05) is 11.4 Å². The molecule has 0 spiro atoms. The van der Waals surface area contributed by atoms with Crippen LogP contribution in [0.15, 0.2) is 21.7 Å². The minimum atomic E-state index is -3.78. The average molecular weight is 512 g/mol. The van der Waals surface area contributed by atoms with Gasteiger partial charge in [-0.3, -0.25) is 14.9 Å². The van der Waals surface area contributed by atoms with Gasteiger partial charge in [0.25, 0.3) is 15.9 Å². The number of hydrogen-bond donors (Lipinski definition) is 2. The Morgan fingerprint density at radius 2 is 1.94 bits per heavy atom. The van der Waals surface area contributed by atoms with E-state index in [1.807, 2.05) is 0 Å². The van der Waals surface area contributed by atoms with Crippen molar-refractivity contribution in [1.82, 2.24) is 9.62 Å². The van der Waals surface area contributed by atoms with Gasteiger partial charge in [-0.25, -0.2) is 13.2 Å². The highest BCUT2D eigenvalue weighted by Crippen LogP contribution is 2.38. The van der Waals surface area contributed by atoms with Crippen molar-refractivity contribution in [2.45, 2.75) is 55.2 Å². The first-order valence-electron chi connectivity index (χ1n) is 10.7. The molecule has 0 bridgehead atoms. The zero-order valence-corrected chi connectivity index (χ0v) is 20.5. The van der Waals surface area contributed by atoms with Gasteiger partial charge in [0.15, 0.2) is 0 Å². The molecule has 3 heterocycles. The molecule has 0 aromatic carbocycles. The number of nitrogens with zero attached hydrogens (tertiary/aromatic N) is 1. The quantitative estimate of drug-likeness (QED) is 0.594. The first-order valence-corrected chi connectivity index (χ1v) is 13.9. The number of aryl methyl sites for hydroxylation is 1. The van der Waals surface area contributed by atoms with Crippen molar-refractivity contribution >= 4 is 55.6 Å². The van der Waals surface area contributed by atoms with E-state index in [1.54, 1.807) is 11.4 Å². The Kier molecular flexibility index (Phi) is 7.17.